The molecule has 6 nitrogen and oxygen atoms in total. The molecular formula is C30H31ClN2O4. The van der Waals surface area contributed by atoms with E-state index in [1.807, 2.05) is 78.9 Å². The molecule has 37 heavy (non-hydrogen) atoms. The van der Waals surface area contributed by atoms with Crippen molar-refractivity contribution < 1.29 is 19.1 Å². The van der Waals surface area contributed by atoms with Gasteiger partial charge >= 0.3 is 0 Å². The van der Waals surface area contributed by atoms with Crippen LogP contribution >= 0.6 is 11.6 Å². The van der Waals surface area contributed by atoms with Crippen molar-refractivity contribution in [3.8, 4) is 11.5 Å². The second-order valence-corrected chi connectivity index (χ2v) is 9.39. The number of carbonyl (C=O) groups excluding carboxylic acids is 2. The third kappa shape index (κ3) is 6.71. The average molecular weight is 519 g/mol. The molecule has 0 fully saturated rings. The van der Waals surface area contributed by atoms with Gasteiger partial charge in [-0.2, -0.15) is 0 Å². The van der Waals surface area contributed by atoms with E-state index in [1.54, 1.807) is 20.3 Å². The molecule has 3 aromatic rings. The Bertz CT molecular complexity index is 1260. The first-order chi connectivity index (χ1) is 18.0. The van der Waals surface area contributed by atoms with Crippen LogP contribution in [0.5, 0.6) is 11.5 Å². The highest BCUT2D eigenvalue weighted by Crippen LogP contribution is 2.33. The van der Waals surface area contributed by atoms with E-state index in [0.29, 0.717) is 29.4 Å². The van der Waals surface area contributed by atoms with Crippen molar-refractivity contribution in [1.29, 1.82) is 0 Å². The summed E-state index contributed by atoms with van der Waals surface area (Å²) in [5.41, 5.74) is 2.53. The summed E-state index contributed by atoms with van der Waals surface area (Å²) < 4.78 is 10.9. The molecule has 0 spiro atoms. The average Bonchev–Trinajstić information content (AvgIpc) is 2.92. The highest BCUT2D eigenvalue weighted by molar-refractivity contribution is 6.30. The topological polar surface area (TPSA) is 76.7 Å². The van der Waals surface area contributed by atoms with Crippen molar-refractivity contribution in [3.63, 3.8) is 0 Å². The summed E-state index contributed by atoms with van der Waals surface area (Å²) in [6.07, 6.45) is 5.19. The van der Waals surface area contributed by atoms with E-state index in [9.17, 15) is 9.59 Å². The molecule has 1 aliphatic rings. The van der Waals surface area contributed by atoms with Gasteiger partial charge in [-0.3, -0.25) is 9.59 Å². The number of rotatable bonds is 5. The Morgan fingerprint density at radius 1 is 0.784 bits per heavy atom. The number of nitrogens with one attached hydrogen (secondary N) is 2. The molecule has 0 unspecified atom stereocenters. The van der Waals surface area contributed by atoms with E-state index in [4.69, 9.17) is 21.1 Å². The highest BCUT2D eigenvalue weighted by Gasteiger charge is 2.28. The number of halogens is 1. The maximum absolute atomic E-state index is 13.6. The molecule has 0 saturated heterocycles. The maximum atomic E-state index is 13.6. The van der Waals surface area contributed by atoms with Crippen LogP contribution in [0.1, 0.15) is 54.0 Å². The number of methoxy groups -OCH3 is 2. The zero-order valence-corrected chi connectivity index (χ0v) is 21.7. The smallest absolute Gasteiger partial charge is 0.228 e. The van der Waals surface area contributed by atoms with Gasteiger partial charge in [0, 0.05) is 23.1 Å². The number of ether oxygens (including phenoxy) is 2. The second kappa shape index (κ2) is 12.5. The minimum atomic E-state index is -0.648. The van der Waals surface area contributed by atoms with E-state index < -0.39 is 5.92 Å². The van der Waals surface area contributed by atoms with E-state index in [2.05, 4.69) is 10.6 Å². The summed E-state index contributed by atoms with van der Waals surface area (Å²) >= 11 is 6.26. The van der Waals surface area contributed by atoms with Crippen LogP contribution in [0.15, 0.2) is 84.9 Å². The molecule has 2 N–H and O–H groups in total. The number of amides is 2. The van der Waals surface area contributed by atoms with E-state index in [0.717, 1.165) is 16.7 Å². The fourth-order valence-corrected chi connectivity index (χ4v) is 4.79. The molecule has 1 heterocycles. The molecule has 0 aliphatic carbocycles. The molecule has 4 rings (SSSR count). The molecule has 0 radical (unpaired) electrons. The third-order valence-corrected chi connectivity index (χ3v) is 6.77. The number of benzene rings is 3. The van der Waals surface area contributed by atoms with Crippen LogP contribution in [0, 0.1) is 0 Å². The summed E-state index contributed by atoms with van der Waals surface area (Å²) in [6.45, 7) is 0. The van der Waals surface area contributed by atoms with Crippen molar-refractivity contribution >= 4 is 23.4 Å². The zero-order chi connectivity index (χ0) is 26.2. The van der Waals surface area contributed by atoms with Gasteiger partial charge in [0.25, 0.3) is 0 Å². The lowest BCUT2D eigenvalue weighted by Gasteiger charge is -2.26. The molecule has 0 saturated carbocycles. The number of carbonyl (C=O) groups is 2. The Hall–Kier alpha value is -3.77. The summed E-state index contributed by atoms with van der Waals surface area (Å²) in [6, 6.07) is 21.8. The number of hydrogen-bond acceptors (Lipinski definition) is 4. The van der Waals surface area contributed by atoms with Crippen LogP contribution in [0.25, 0.3) is 0 Å². The lowest BCUT2D eigenvalue weighted by Crippen LogP contribution is -2.37. The minimum absolute atomic E-state index is 0.0107. The normalized spacial score (nSPS) is 21.5. The maximum Gasteiger partial charge on any atom is 0.228 e. The highest BCUT2D eigenvalue weighted by atomic mass is 35.5. The zero-order valence-electron chi connectivity index (χ0n) is 20.9. The molecule has 3 atom stereocenters. The summed E-state index contributed by atoms with van der Waals surface area (Å²) in [4.78, 5) is 26.9. The van der Waals surface area contributed by atoms with Gasteiger partial charge in [0.15, 0.2) is 0 Å². The second-order valence-electron chi connectivity index (χ2n) is 8.95. The van der Waals surface area contributed by atoms with Crippen LogP contribution < -0.4 is 20.1 Å². The van der Waals surface area contributed by atoms with Gasteiger partial charge in [-0.05, 0) is 48.2 Å². The first kappa shape index (κ1) is 26.3. The Balaban J connectivity index is 1.71. The number of hydrogen-bond donors (Lipinski definition) is 2. The molecule has 7 heteroatoms. The minimum Gasteiger partial charge on any atom is -0.497 e. The predicted molar refractivity (Wildman–Crippen MR) is 145 cm³/mol. The quantitative estimate of drug-likeness (QED) is 0.412. The van der Waals surface area contributed by atoms with Crippen LogP contribution in [0.3, 0.4) is 0 Å². The van der Waals surface area contributed by atoms with E-state index >= 15 is 0 Å². The van der Waals surface area contributed by atoms with Gasteiger partial charge in [0.05, 0.1) is 32.2 Å². The molecule has 0 aromatic heterocycles. The van der Waals surface area contributed by atoms with Gasteiger partial charge < -0.3 is 20.1 Å². The van der Waals surface area contributed by atoms with Crippen molar-refractivity contribution in [2.45, 2.75) is 37.3 Å². The lowest BCUT2D eigenvalue weighted by molar-refractivity contribution is -0.128. The Morgan fingerprint density at radius 3 is 2.22 bits per heavy atom. The van der Waals surface area contributed by atoms with Crippen LogP contribution in [-0.2, 0) is 9.59 Å². The molecule has 3 aromatic carbocycles. The fourth-order valence-electron chi connectivity index (χ4n) is 4.59. The standard InChI is InChI=1S/C30H31ClN2O4/c1-36-23-15-16-24(28(18-23)37-2)27-14-7-6-13-26(21-11-8-12-22(31)17-21)33-30(35)25(19-29(34)32-27)20-9-4-3-5-10-20/h3-12,15-18,25-27H,13-14,19H2,1-2H3,(H,32,34)(H,33,35)/b7-6-/t25-,26-,27-/m1/s1. The van der Waals surface area contributed by atoms with Gasteiger partial charge in [-0.25, -0.2) is 0 Å². The van der Waals surface area contributed by atoms with Gasteiger partial charge in [-0.15, -0.1) is 0 Å². The van der Waals surface area contributed by atoms with E-state index in [-0.39, 0.29) is 30.3 Å². The first-order valence-corrected chi connectivity index (χ1v) is 12.6. The third-order valence-electron chi connectivity index (χ3n) is 6.54. The SMILES string of the molecule is COc1ccc([C@H]2C/C=C\C[C@H](c3cccc(Cl)c3)NC(=O)[C@@H](c3ccccc3)CC(=O)N2)c(OC)c1. The van der Waals surface area contributed by atoms with Crippen LogP contribution in [-0.4, -0.2) is 26.0 Å². The largest absolute Gasteiger partial charge is 0.497 e. The molecule has 1 aliphatic heterocycles. The fraction of sp³-hybridized carbons (Fsp3) is 0.267. The van der Waals surface area contributed by atoms with Crippen LogP contribution in [0.4, 0.5) is 0 Å². The molecule has 192 valence electrons. The Kier molecular flexibility index (Phi) is 8.86. The predicted octanol–water partition coefficient (Wildman–Crippen LogP) is 5.90. The monoisotopic (exact) mass is 518 g/mol. The van der Waals surface area contributed by atoms with Crippen molar-refractivity contribution in [1.82, 2.24) is 10.6 Å². The first-order valence-electron chi connectivity index (χ1n) is 12.3. The Labute approximate surface area is 222 Å². The summed E-state index contributed by atoms with van der Waals surface area (Å²) in [5, 5.41) is 6.89. The van der Waals surface area contributed by atoms with Gasteiger partial charge in [0.2, 0.25) is 11.8 Å². The van der Waals surface area contributed by atoms with Gasteiger partial charge in [-0.1, -0.05) is 66.2 Å². The molecule has 2 amide bonds. The van der Waals surface area contributed by atoms with Crippen molar-refractivity contribution in [3.05, 3.63) is 107 Å². The van der Waals surface area contributed by atoms with Crippen molar-refractivity contribution in [2.24, 2.45) is 0 Å². The summed E-state index contributed by atoms with van der Waals surface area (Å²) in [7, 11) is 3.19. The molecular weight excluding hydrogens is 488 g/mol. The van der Waals surface area contributed by atoms with Crippen LogP contribution in [0.2, 0.25) is 5.02 Å². The lowest BCUT2D eigenvalue weighted by atomic mass is 9.92. The van der Waals surface area contributed by atoms with Crippen molar-refractivity contribution in [2.75, 3.05) is 14.2 Å². The summed E-state index contributed by atoms with van der Waals surface area (Å²) in [5.74, 6) is 0.212. The van der Waals surface area contributed by atoms with Gasteiger partial charge in [0.1, 0.15) is 11.5 Å². The molecule has 0 bridgehead atoms. The van der Waals surface area contributed by atoms with E-state index in [1.165, 1.54) is 0 Å². The Morgan fingerprint density at radius 2 is 1.51 bits per heavy atom.